The van der Waals surface area contributed by atoms with Gasteiger partial charge in [0.25, 0.3) is 0 Å². The molecule has 0 amide bonds. The molecule has 0 unspecified atom stereocenters. The number of carbonyl (C=O) groups excluding carboxylic acids is 2. The van der Waals surface area contributed by atoms with Crippen molar-refractivity contribution in [2.45, 2.75) is 6.92 Å². The summed E-state index contributed by atoms with van der Waals surface area (Å²) in [5.41, 5.74) is 2.37. The van der Waals surface area contributed by atoms with Gasteiger partial charge in [-0.25, -0.2) is 4.79 Å². The van der Waals surface area contributed by atoms with Gasteiger partial charge in [-0.15, -0.1) is 0 Å². The molecule has 0 saturated heterocycles. The van der Waals surface area contributed by atoms with E-state index in [0.29, 0.717) is 27.4 Å². The Labute approximate surface area is 145 Å². The van der Waals surface area contributed by atoms with Gasteiger partial charge in [-0.05, 0) is 13.0 Å². The number of halogens is 1. The summed E-state index contributed by atoms with van der Waals surface area (Å²) in [5.74, 6) is -0.700. The van der Waals surface area contributed by atoms with E-state index >= 15 is 0 Å². The maximum Gasteiger partial charge on any atom is 0.340 e. The Hall–Kier alpha value is -2.53. The number of ether oxygens (including phenoxy) is 1. The molecule has 0 radical (unpaired) electrons. The molecule has 0 aliphatic rings. The van der Waals surface area contributed by atoms with Gasteiger partial charge in [0.2, 0.25) is 0 Å². The molecule has 0 aliphatic heterocycles. The minimum absolute atomic E-state index is 0.165. The van der Waals surface area contributed by atoms with Crippen LogP contribution in [0.25, 0.3) is 16.7 Å². The van der Waals surface area contributed by atoms with E-state index in [1.807, 2.05) is 18.2 Å². The topological polar surface area (TPSA) is 62.4 Å². The second kappa shape index (κ2) is 7.36. The fraction of sp³-hybridized carbons (Fsp3) is 0.222. The molecule has 0 atom stereocenters. The second-order valence-electron chi connectivity index (χ2n) is 5.49. The van der Waals surface area contributed by atoms with Crippen LogP contribution in [0.15, 0.2) is 36.7 Å². The summed E-state index contributed by atoms with van der Waals surface area (Å²) >= 11 is 6.26. The van der Waals surface area contributed by atoms with Crippen LogP contribution >= 0.6 is 11.6 Å². The molecule has 2 rings (SSSR count). The third-order valence-corrected chi connectivity index (χ3v) is 3.80. The molecule has 2 aromatic rings. The van der Waals surface area contributed by atoms with Gasteiger partial charge in [-0.2, -0.15) is 0 Å². The van der Waals surface area contributed by atoms with E-state index in [1.165, 1.54) is 14.0 Å². The Morgan fingerprint density at radius 1 is 1.21 bits per heavy atom. The Balaban J connectivity index is 2.74. The molecule has 126 valence electrons. The standard InChI is InChI=1S/C18H19ClN2O3/c1-11(22)14(10-21(2)3)17-16(18(23)24-4)13(9-20-17)12-7-5-6-8-15(12)19/h5-10,20H,1-4H3/b14-10+. The van der Waals surface area contributed by atoms with Crippen LogP contribution in [0.4, 0.5) is 0 Å². The van der Waals surface area contributed by atoms with Crippen molar-refractivity contribution in [3.05, 3.63) is 52.9 Å². The molecular formula is C18H19ClN2O3. The number of H-pyrrole nitrogens is 1. The third kappa shape index (κ3) is 3.51. The number of rotatable bonds is 5. The minimum Gasteiger partial charge on any atom is -0.465 e. The first-order valence-corrected chi connectivity index (χ1v) is 7.68. The quantitative estimate of drug-likeness (QED) is 0.663. The van der Waals surface area contributed by atoms with E-state index in [4.69, 9.17) is 16.3 Å². The fourth-order valence-corrected chi connectivity index (χ4v) is 2.67. The number of Topliss-reactive ketones (excluding diaryl/α,β-unsaturated/α-hetero) is 1. The highest BCUT2D eigenvalue weighted by Crippen LogP contribution is 2.34. The lowest BCUT2D eigenvalue weighted by Crippen LogP contribution is -2.11. The molecule has 6 heteroatoms. The molecule has 0 fully saturated rings. The van der Waals surface area contributed by atoms with E-state index in [1.54, 1.807) is 37.5 Å². The average Bonchev–Trinajstić information content (AvgIpc) is 2.96. The monoisotopic (exact) mass is 346 g/mol. The van der Waals surface area contributed by atoms with Gasteiger partial charge < -0.3 is 14.6 Å². The van der Waals surface area contributed by atoms with Crippen LogP contribution in [-0.2, 0) is 9.53 Å². The molecule has 0 bridgehead atoms. The lowest BCUT2D eigenvalue weighted by molar-refractivity contribution is -0.111. The zero-order valence-corrected chi connectivity index (χ0v) is 14.8. The Kier molecular flexibility index (Phi) is 5.46. The Bertz CT molecular complexity index is 806. The van der Waals surface area contributed by atoms with Gasteiger partial charge in [0, 0.05) is 42.6 Å². The number of nitrogens with zero attached hydrogens (tertiary/aromatic N) is 1. The first-order valence-electron chi connectivity index (χ1n) is 7.31. The van der Waals surface area contributed by atoms with E-state index in [9.17, 15) is 9.59 Å². The predicted molar refractivity (Wildman–Crippen MR) is 94.9 cm³/mol. The molecule has 0 spiro atoms. The molecule has 5 nitrogen and oxygen atoms in total. The van der Waals surface area contributed by atoms with E-state index in [2.05, 4.69) is 4.98 Å². The lowest BCUT2D eigenvalue weighted by atomic mass is 9.99. The van der Waals surface area contributed by atoms with Crippen LogP contribution in [-0.4, -0.2) is 42.8 Å². The highest BCUT2D eigenvalue weighted by molar-refractivity contribution is 6.33. The Morgan fingerprint density at radius 3 is 2.42 bits per heavy atom. The predicted octanol–water partition coefficient (Wildman–Crippen LogP) is 3.61. The van der Waals surface area contributed by atoms with Gasteiger partial charge in [-0.3, -0.25) is 4.79 Å². The van der Waals surface area contributed by atoms with Crippen LogP contribution < -0.4 is 0 Å². The van der Waals surface area contributed by atoms with Crippen molar-refractivity contribution in [3.63, 3.8) is 0 Å². The number of carbonyl (C=O) groups is 2. The Morgan fingerprint density at radius 2 is 1.88 bits per heavy atom. The van der Waals surface area contributed by atoms with Crippen molar-refractivity contribution in [3.8, 4) is 11.1 Å². The number of methoxy groups -OCH3 is 1. The van der Waals surface area contributed by atoms with Crippen molar-refractivity contribution in [1.82, 2.24) is 9.88 Å². The van der Waals surface area contributed by atoms with Crippen LogP contribution in [0.2, 0.25) is 5.02 Å². The van der Waals surface area contributed by atoms with Crippen molar-refractivity contribution < 1.29 is 14.3 Å². The lowest BCUT2D eigenvalue weighted by Gasteiger charge is -2.11. The molecule has 0 saturated carbocycles. The van der Waals surface area contributed by atoms with Crippen molar-refractivity contribution in [1.29, 1.82) is 0 Å². The summed E-state index contributed by atoms with van der Waals surface area (Å²) in [6, 6.07) is 7.19. The maximum atomic E-state index is 12.4. The number of aromatic nitrogens is 1. The first kappa shape index (κ1) is 17.8. The van der Waals surface area contributed by atoms with Gasteiger partial charge in [-0.1, -0.05) is 29.8 Å². The molecule has 0 aliphatic carbocycles. The summed E-state index contributed by atoms with van der Waals surface area (Å²) in [5, 5.41) is 0.508. The van der Waals surface area contributed by atoms with Crippen LogP contribution in [0.1, 0.15) is 23.0 Å². The SMILES string of the molecule is COC(=O)c1c(-c2ccccc2Cl)c[nH]c1/C(=C/N(C)C)C(C)=O. The highest BCUT2D eigenvalue weighted by Gasteiger charge is 2.25. The van der Waals surface area contributed by atoms with Gasteiger partial charge in [0.1, 0.15) is 0 Å². The van der Waals surface area contributed by atoms with Crippen LogP contribution in [0.3, 0.4) is 0 Å². The first-order chi connectivity index (χ1) is 11.4. The third-order valence-electron chi connectivity index (χ3n) is 3.47. The average molecular weight is 347 g/mol. The van der Waals surface area contributed by atoms with Gasteiger partial charge in [0.05, 0.1) is 23.9 Å². The summed E-state index contributed by atoms with van der Waals surface area (Å²) in [4.78, 5) is 29.2. The second-order valence-corrected chi connectivity index (χ2v) is 5.89. The van der Waals surface area contributed by atoms with Crippen molar-refractivity contribution >= 4 is 28.9 Å². The summed E-state index contributed by atoms with van der Waals surface area (Å²) < 4.78 is 4.92. The molecule has 1 heterocycles. The number of allylic oxidation sites excluding steroid dienone is 1. The number of nitrogens with one attached hydrogen (secondary N) is 1. The number of aromatic amines is 1. The normalized spacial score (nSPS) is 11.3. The van der Waals surface area contributed by atoms with Gasteiger partial charge in [0.15, 0.2) is 5.78 Å². The maximum absolute atomic E-state index is 12.4. The van der Waals surface area contributed by atoms with Crippen LogP contribution in [0, 0.1) is 0 Å². The fourth-order valence-electron chi connectivity index (χ4n) is 2.43. The minimum atomic E-state index is -0.535. The smallest absolute Gasteiger partial charge is 0.340 e. The zero-order chi connectivity index (χ0) is 17.9. The molecule has 1 aromatic heterocycles. The van der Waals surface area contributed by atoms with E-state index < -0.39 is 5.97 Å². The number of esters is 1. The molecule has 24 heavy (non-hydrogen) atoms. The van der Waals surface area contributed by atoms with Crippen LogP contribution in [0.5, 0.6) is 0 Å². The summed E-state index contributed by atoms with van der Waals surface area (Å²) in [7, 11) is 4.91. The summed E-state index contributed by atoms with van der Waals surface area (Å²) in [6.45, 7) is 1.45. The number of hydrogen-bond acceptors (Lipinski definition) is 4. The highest BCUT2D eigenvalue weighted by atomic mass is 35.5. The van der Waals surface area contributed by atoms with Crippen molar-refractivity contribution in [2.75, 3.05) is 21.2 Å². The van der Waals surface area contributed by atoms with E-state index in [-0.39, 0.29) is 11.3 Å². The molecular weight excluding hydrogens is 328 g/mol. The number of ketones is 1. The summed E-state index contributed by atoms with van der Waals surface area (Å²) in [6.07, 6.45) is 3.33. The number of hydrogen-bond donors (Lipinski definition) is 1. The van der Waals surface area contributed by atoms with Crippen molar-refractivity contribution in [2.24, 2.45) is 0 Å². The zero-order valence-electron chi connectivity index (χ0n) is 14.0. The van der Waals surface area contributed by atoms with Gasteiger partial charge >= 0.3 is 5.97 Å². The molecule has 1 N–H and O–H groups in total. The number of benzene rings is 1. The van der Waals surface area contributed by atoms with E-state index in [0.717, 1.165) is 0 Å². The molecule has 1 aromatic carbocycles. The largest absolute Gasteiger partial charge is 0.465 e.